The highest BCUT2D eigenvalue weighted by molar-refractivity contribution is 5.30. The maximum atomic E-state index is 14.1. The smallest absolute Gasteiger partial charge is 0.377 e. The van der Waals surface area contributed by atoms with Gasteiger partial charge in [0.1, 0.15) is 6.79 Å². The molecule has 2 aliphatic carbocycles. The van der Waals surface area contributed by atoms with Gasteiger partial charge in [-0.25, -0.2) is 0 Å². The van der Waals surface area contributed by atoms with Crippen molar-refractivity contribution in [3.63, 3.8) is 0 Å². The van der Waals surface area contributed by atoms with Gasteiger partial charge in [-0.05, 0) is 67.4 Å². The highest BCUT2D eigenvalue weighted by Gasteiger charge is 2.70. The summed E-state index contributed by atoms with van der Waals surface area (Å²) in [6, 6.07) is 5.97. The van der Waals surface area contributed by atoms with Crippen LogP contribution in [0.15, 0.2) is 24.3 Å². The molecule has 4 nitrogen and oxygen atoms in total. The van der Waals surface area contributed by atoms with Crippen molar-refractivity contribution in [3.05, 3.63) is 35.4 Å². The molecular weight excluding hydrogens is 547 g/mol. The van der Waals surface area contributed by atoms with Crippen molar-refractivity contribution in [1.82, 2.24) is 0 Å². The minimum atomic E-state index is -5.98. The minimum Gasteiger partial charge on any atom is -0.377 e. The van der Waals surface area contributed by atoms with E-state index in [1.54, 1.807) is 12.1 Å². The van der Waals surface area contributed by atoms with Crippen LogP contribution in [0, 0.1) is 17.8 Å². The van der Waals surface area contributed by atoms with Gasteiger partial charge in [0.25, 0.3) is 5.60 Å². The number of ether oxygens (including phenoxy) is 3. The van der Waals surface area contributed by atoms with Crippen molar-refractivity contribution >= 4 is 0 Å². The Morgan fingerprint density at radius 3 is 1.97 bits per heavy atom. The average molecular weight is 581 g/mol. The number of hydrogen-bond donors (Lipinski definition) is 1. The van der Waals surface area contributed by atoms with Crippen LogP contribution in [0.3, 0.4) is 0 Å². The van der Waals surface area contributed by atoms with E-state index in [1.807, 2.05) is 13.8 Å². The average Bonchev–Trinajstić information content (AvgIpc) is 3.41. The second-order valence-electron chi connectivity index (χ2n) is 10.8. The zero-order valence-electron chi connectivity index (χ0n) is 21.7. The van der Waals surface area contributed by atoms with Crippen molar-refractivity contribution in [3.8, 4) is 0 Å². The largest absolute Gasteiger partial charge is 0.428 e. The molecule has 6 atom stereocenters. The molecule has 224 valence electrons. The molecule has 2 fully saturated rings. The van der Waals surface area contributed by atoms with Gasteiger partial charge in [0.2, 0.25) is 0 Å². The Morgan fingerprint density at radius 2 is 1.49 bits per heavy atom. The van der Waals surface area contributed by atoms with Crippen LogP contribution < -0.4 is 0 Å². The summed E-state index contributed by atoms with van der Waals surface area (Å²) in [5, 5.41) is 9.24. The van der Waals surface area contributed by atoms with E-state index >= 15 is 0 Å². The molecule has 0 heterocycles. The number of alkyl halides is 9. The molecule has 3 rings (SSSR count). The molecule has 0 spiro atoms. The molecule has 2 bridgehead atoms. The molecule has 0 aliphatic heterocycles. The van der Waals surface area contributed by atoms with Crippen molar-refractivity contribution < 1.29 is 58.8 Å². The first-order valence-corrected chi connectivity index (χ1v) is 12.7. The quantitative estimate of drug-likeness (QED) is 0.221. The lowest BCUT2D eigenvalue weighted by Gasteiger charge is -2.35. The van der Waals surface area contributed by atoms with Crippen LogP contribution >= 0.6 is 0 Å². The fraction of sp³-hybridized carbons (Fsp3) is 0.769. The third-order valence-electron chi connectivity index (χ3n) is 8.28. The standard InChI is InChI=1S/C26H33F9O4/c1-4-15(2)17-5-7-19(8-6-17)22(3,24(27,28)29)39-14-38-21-11-16-9-18(20(21)10-16)12-37-13-23(36,25(30,31)32)26(33,34)35/h5-8,15-16,18,20-21,36H,4,9-14H2,1-3H3. The lowest BCUT2D eigenvalue weighted by Crippen LogP contribution is -2.60. The third-order valence-corrected chi connectivity index (χ3v) is 8.28. The summed E-state index contributed by atoms with van der Waals surface area (Å²) >= 11 is 0. The summed E-state index contributed by atoms with van der Waals surface area (Å²) < 4.78 is 135. The van der Waals surface area contributed by atoms with E-state index in [2.05, 4.69) is 0 Å². The predicted octanol–water partition coefficient (Wildman–Crippen LogP) is 7.26. The van der Waals surface area contributed by atoms with Crippen LogP contribution in [0.2, 0.25) is 0 Å². The summed E-state index contributed by atoms with van der Waals surface area (Å²) in [6.45, 7) is 1.61. The zero-order chi connectivity index (χ0) is 29.4. The number of hydrogen-bond acceptors (Lipinski definition) is 4. The molecule has 2 aliphatic rings. The number of rotatable bonds is 11. The van der Waals surface area contributed by atoms with Gasteiger partial charge >= 0.3 is 18.5 Å². The van der Waals surface area contributed by atoms with Crippen LogP contribution in [0.1, 0.15) is 63.5 Å². The predicted molar refractivity (Wildman–Crippen MR) is 122 cm³/mol. The number of benzene rings is 1. The first-order chi connectivity index (χ1) is 17.8. The van der Waals surface area contributed by atoms with Crippen molar-refractivity contribution in [1.29, 1.82) is 0 Å². The van der Waals surface area contributed by atoms with E-state index in [4.69, 9.17) is 14.2 Å². The normalized spacial score (nSPS) is 26.6. The molecule has 39 heavy (non-hydrogen) atoms. The molecule has 0 aromatic heterocycles. The van der Waals surface area contributed by atoms with Gasteiger partial charge in [0.05, 0.1) is 12.7 Å². The van der Waals surface area contributed by atoms with Crippen molar-refractivity contribution in [2.75, 3.05) is 20.0 Å². The molecular formula is C26H33F9O4. The fourth-order valence-corrected chi connectivity index (χ4v) is 5.43. The summed E-state index contributed by atoms with van der Waals surface area (Å²) in [6.07, 6.45) is -15.0. The van der Waals surface area contributed by atoms with Crippen molar-refractivity contribution in [2.24, 2.45) is 17.8 Å². The summed E-state index contributed by atoms with van der Waals surface area (Å²) in [5.41, 5.74) is -6.88. The van der Waals surface area contributed by atoms with Gasteiger partial charge in [-0.3, -0.25) is 0 Å². The van der Waals surface area contributed by atoms with Crippen LogP contribution in [-0.4, -0.2) is 55.3 Å². The number of halogens is 9. The van der Waals surface area contributed by atoms with Gasteiger partial charge in [-0.15, -0.1) is 0 Å². The molecule has 1 aromatic rings. The van der Waals surface area contributed by atoms with Crippen LogP contribution in [-0.2, 0) is 19.8 Å². The second-order valence-corrected chi connectivity index (χ2v) is 10.8. The summed E-state index contributed by atoms with van der Waals surface area (Å²) in [4.78, 5) is 0. The molecule has 1 aromatic carbocycles. The Bertz CT molecular complexity index is 931. The molecule has 13 heteroatoms. The minimum absolute atomic E-state index is 0.0415. The molecule has 1 N–H and O–H groups in total. The molecule has 0 saturated heterocycles. The zero-order valence-corrected chi connectivity index (χ0v) is 21.7. The maximum Gasteiger partial charge on any atom is 0.428 e. The Labute approximate surface area is 220 Å². The Balaban J connectivity index is 1.59. The van der Waals surface area contributed by atoms with Gasteiger partial charge in [-0.2, -0.15) is 39.5 Å². The summed E-state index contributed by atoms with van der Waals surface area (Å²) in [7, 11) is 0. The highest BCUT2D eigenvalue weighted by Crippen LogP contribution is 2.51. The van der Waals surface area contributed by atoms with E-state index in [0.717, 1.165) is 18.9 Å². The fourth-order valence-electron chi connectivity index (χ4n) is 5.43. The maximum absolute atomic E-state index is 14.1. The highest BCUT2D eigenvalue weighted by atomic mass is 19.4. The monoisotopic (exact) mass is 580 g/mol. The first kappa shape index (κ1) is 32.0. The van der Waals surface area contributed by atoms with Crippen LogP contribution in [0.4, 0.5) is 39.5 Å². The molecule has 0 radical (unpaired) electrons. The van der Waals surface area contributed by atoms with Gasteiger partial charge in [0.15, 0.2) is 5.60 Å². The lowest BCUT2D eigenvalue weighted by molar-refractivity contribution is -0.378. The second kappa shape index (κ2) is 11.4. The SMILES string of the molecule is CCC(C)c1ccc(C(C)(OCOC2CC3CC(COCC(O)(C(F)(F)F)C(F)(F)F)C2C3)C(F)(F)F)cc1. The van der Waals surface area contributed by atoms with Crippen LogP contribution in [0.25, 0.3) is 0 Å². The first-order valence-electron chi connectivity index (χ1n) is 12.7. The Kier molecular flexibility index (Phi) is 9.31. The Morgan fingerprint density at radius 1 is 0.897 bits per heavy atom. The topological polar surface area (TPSA) is 47.9 Å². The van der Waals surface area contributed by atoms with Gasteiger partial charge in [-0.1, -0.05) is 38.1 Å². The van der Waals surface area contributed by atoms with Gasteiger partial charge in [0, 0.05) is 6.61 Å². The van der Waals surface area contributed by atoms with E-state index in [0.29, 0.717) is 19.3 Å². The number of aliphatic hydroxyl groups is 1. The van der Waals surface area contributed by atoms with E-state index < -0.39 is 61.8 Å². The molecule has 6 unspecified atom stereocenters. The van der Waals surface area contributed by atoms with E-state index in [-0.39, 0.29) is 23.3 Å². The summed E-state index contributed by atoms with van der Waals surface area (Å²) in [5.74, 6) is -0.595. The van der Waals surface area contributed by atoms with Crippen LogP contribution in [0.5, 0.6) is 0 Å². The van der Waals surface area contributed by atoms with Crippen molar-refractivity contribution in [2.45, 2.75) is 88.2 Å². The van der Waals surface area contributed by atoms with Gasteiger partial charge < -0.3 is 19.3 Å². The molecule has 2 saturated carbocycles. The molecule has 0 amide bonds. The Hall–Kier alpha value is -1.57. The number of fused-ring (bicyclic) bond motifs is 2. The van der Waals surface area contributed by atoms with E-state index in [1.165, 1.54) is 12.1 Å². The third kappa shape index (κ3) is 6.51. The van der Waals surface area contributed by atoms with E-state index in [9.17, 15) is 44.6 Å². The lowest BCUT2D eigenvalue weighted by atomic mass is 9.87.